The van der Waals surface area contributed by atoms with Crippen molar-refractivity contribution in [1.82, 2.24) is 0 Å². The molecule has 0 saturated heterocycles. The molecule has 0 heterocycles. The predicted molar refractivity (Wildman–Crippen MR) is 147 cm³/mol. The molecule has 0 aliphatic heterocycles. The number of nitriles is 1. The summed E-state index contributed by atoms with van der Waals surface area (Å²) in [6.45, 7) is 4.31. The minimum atomic E-state index is -0.461. The number of methoxy groups -OCH3 is 1. The number of hydrogen-bond acceptors (Lipinski definition) is 4. The van der Waals surface area contributed by atoms with Crippen LogP contribution in [0.2, 0.25) is 0 Å². The van der Waals surface area contributed by atoms with E-state index in [2.05, 4.69) is 50.5 Å². The van der Waals surface area contributed by atoms with Crippen molar-refractivity contribution in [3.05, 3.63) is 89.6 Å². The quantitative estimate of drug-likeness (QED) is 0.175. The first-order valence-electron chi connectivity index (χ1n) is 10.1. The van der Waals surface area contributed by atoms with Gasteiger partial charge in [0.1, 0.15) is 18.2 Å². The van der Waals surface area contributed by atoms with Crippen molar-refractivity contribution in [2.45, 2.75) is 20.5 Å². The Hall–Kier alpha value is -2.58. The number of anilines is 1. The second kappa shape index (κ2) is 11.5. The Labute approximate surface area is 221 Å². The maximum Gasteiger partial charge on any atom is 0.266 e. The van der Waals surface area contributed by atoms with Crippen LogP contribution in [0.1, 0.15) is 22.3 Å². The highest BCUT2D eigenvalue weighted by atomic mass is 127. The van der Waals surface area contributed by atoms with Gasteiger partial charge in [0.25, 0.3) is 5.91 Å². The second-order valence-corrected chi connectivity index (χ2v) is 9.80. The van der Waals surface area contributed by atoms with Gasteiger partial charge in [0.15, 0.2) is 11.5 Å². The zero-order valence-corrected chi connectivity index (χ0v) is 22.7. The van der Waals surface area contributed by atoms with Crippen molar-refractivity contribution < 1.29 is 14.3 Å². The van der Waals surface area contributed by atoms with Crippen molar-refractivity contribution in [2.24, 2.45) is 0 Å². The molecule has 3 aromatic carbocycles. The lowest BCUT2D eigenvalue weighted by Gasteiger charge is -2.14. The fourth-order valence-electron chi connectivity index (χ4n) is 3.16. The lowest BCUT2D eigenvalue weighted by Crippen LogP contribution is -2.14. The molecule has 3 aromatic rings. The number of carbonyl (C=O) groups is 1. The highest BCUT2D eigenvalue weighted by Crippen LogP contribution is 2.35. The number of hydrogen-bond donors (Lipinski definition) is 1. The number of rotatable bonds is 7. The molecule has 3 rings (SSSR count). The van der Waals surface area contributed by atoms with E-state index in [9.17, 15) is 10.1 Å². The molecule has 0 unspecified atom stereocenters. The van der Waals surface area contributed by atoms with Gasteiger partial charge in [0, 0.05) is 9.26 Å². The number of halogens is 2. The van der Waals surface area contributed by atoms with Crippen molar-refractivity contribution in [3.8, 4) is 17.6 Å². The number of nitrogens with zero attached hydrogens (tertiary/aromatic N) is 1. The van der Waals surface area contributed by atoms with Gasteiger partial charge in [0.05, 0.1) is 10.7 Å². The van der Waals surface area contributed by atoms with Crippen LogP contribution in [-0.4, -0.2) is 13.0 Å². The van der Waals surface area contributed by atoms with Gasteiger partial charge in [-0.1, -0.05) is 29.8 Å². The van der Waals surface area contributed by atoms with Crippen LogP contribution >= 0.6 is 45.2 Å². The first-order chi connectivity index (χ1) is 15.8. The predicted octanol–water partition coefficient (Wildman–Crippen LogP) is 6.65. The van der Waals surface area contributed by atoms with Crippen LogP contribution in [0.3, 0.4) is 0 Å². The highest BCUT2D eigenvalue weighted by Gasteiger charge is 2.15. The molecule has 5 nitrogen and oxygen atoms in total. The molecule has 0 bridgehead atoms. The van der Waals surface area contributed by atoms with Gasteiger partial charge in [-0.2, -0.15) is 5.26 Å². The van der Waals surface area contributed by atoms with Gasteiger partial charge in [-0.25, -0.2) is 0 Å². The Kier molecular flexibility index (Phi) is 8.74. The van der Waals surface area contributed by atoms with Crippen LogP contribution in [0.5, 0.6) is 11.5 Å². The molecule has 7 heteroatoms. The number of carbonyl (C=O) groups excluding carboxylic acids is 1. The van der Waals surface area contributed by atoms with E-state index in [1.165, 1.54) is 0 Å². The summed E-state index contributed by atoms with van der Waals surface area (Å²) in [6, 6.07) is 19.4. The summed E-state index contributed by atoms with van der Waals surface area (Å²) in [4.78, 5) is 12.7. The van der Waals surface area contributed by atoms with Crippen molar-refractivity contribution in [3.63, 3.8) is 0 Å². The molecule has 0 aliphatic carbocycles. The Morgan fingerprint density at radius 1 is 1.09 bits per heavy atom. The Bertz CT molecular complexity index is 1250. The summed E-state index contributed by atoms with van der Waals surface area (Å²) in [5, 5.41) is 12.4. The average molecular weight is 664 g/mol. The summed E-state index contributed by atoms with van der Waals surface area (Å²) in [5.41, 5.74) is 4.44. The molecule has 1 N–H and O–H groups in total. The fourth-order valence-corrected chi connectivity index (χ4v) is 4.30. The number of nitrogens with one attached hydrogen (secondary N) is 1. The van der Waals surface area contributed by atoms with Gasteiger partial charge >= 0.3 is 0 Å². The lowest BCUT2D eigenvalue weighted by atomic mass is 10.1. The van der Waals surface area contributed by atoms with E-state index >= 15 is 0 Å². The molecule has 0 spiro atoms. The molecule has 0 radical (unpaired) electrons. The van der Waals surface area contributed by atoms with Gasteiger partial charge in [-0.15, -0.1) is 0 Å². The zero-order valence-electron chi connectivity index (χ0n) is 18.4. The third kappa shape index (κ3) is 6.71. The summed E-state index contributed by atoms with van der Waals surface area (Å²) in [5.74, 6) is 0.690. The topological polar surface area (TPSA) is 71.3 Å². The van der Waals surface area contributed by atoms with E-state index in [1.54, 1.807) is 19.3 Å². The van der Waals surface area contributed by atoms with Gasteiger partial charge < -0.3 is 14.8 Å². The van der Waals surface area contributed by atoms with E-state index in [0.717, 1.165) is 23.8 Å². The van der Waals surface area contributed by atoms with Crippen LogP contribution in [0, 0.1) is 32.3 Å². The SMILES string of the molecule is COc1cc(/C=C(\C#N)C(=O)Nc2ccc(C)cc2C)cc(I)c1OCc1ccc(I)cc1. The molecule has 1 amide bonds. The summed E-state index contributed by atoms with van der Waals surface area (Å²) >= 11 is 4.43. The fraction of sp³-hybridized carbons (Fsp3) is 0.154. The van der Waals surface area contributed by atoms with Crippen LogP contribution in [-0.2, 0) is 11.4 Å². The molecule has 33 heavy (non-hydrogen) atoms. The smallest absolute Gasteiger partial charge is 0.266 e. The van der Waals surface area contributed by atoms with Crippen LogP contribution in [0.25, 0.3) is 6.08 Å². The molecule has 168 valence electrons. The van der Waals surface area contributed by atoms with Gasteiger partial charge in [0.2, 0.25) is 0 Å². The zero-order chi connectivity index (χ0) is 24.0. The second-order valence-electron chi connectivity index (χ2n) is 7.39. The number of benzene rings is 3. The lowest BCUT2D eigenvalue weighted by molar-refractivity contribution is -0.112. The maximum absolute atomic E-state index is 12.7. The maximum atomic E-state index is 12.7. The van der Waals surface area contributed by atoms with E-state index in [0.29, 0.717) is 29.4 Å². The Morgan fingerprint density at radius 2 is 1.82 bits per heavy atom. The first-order valence-corrected chi connectivity index (χ1v) is 12.2. The van der Waals surface area contributed by atoms with Crippen molar-refractivity contribution >= 4 is 62.9 Å². The van der Waals surface area contributed by atoms with Crippen molar-refractivity contribution in [2.75, 3.05) is 12.4 Å². The van der Waals surface area contributed by atoms with E-state index in [1.807, 2.05) is 68.4 Å². The Morgan fingerprint density at radius 3 is 2.45 bits per heavy atom. The molecule has 0 fully saturated rings. The molecule has 0 saturated carbocycles. The van der Waals surface area contributed by atoms with Gasteiger partial charge in [-0.05, 0) is 112 Å². The van der Waals surface area contributed by atoms with Crippen molar-refractivity contribution in [1.29, 1.82) is 5.26 Å². The third-order valence-corrected chi connectivity index (χ3v) is 6.37. The number of ether oxygens (including phenoxy) is 2. The van der Waals surface area contributed by atoms with Crippen LogP contribution < -0.4 is 14.8 Å². The largest absolute Gasteiger partial charge is 0.493 e. The summed E-state index contributed by atoms with van der Waals surface area (Å²) < 4.78 is 13.5. The number of amides is 1. The van der Waals surface area contributed by atoms with E-state index in [-0.39, 0.29) is 5.57 Å². The minimum Gasteiger partial charge on any atom is -0.493 e. The summed E-state index contributed by atoms with van der Waals surface area (Å²) in [6.07, 6.45) is 1.55. The normalized spacial score (nSPS) is 11.0. The monoisotopic (exact) mass is 664 g/mol. The average Bonchev–Trinajstić information content (AvgIpc) is 2.79. The third-order valence-electron chi connectivity index (χ3n) is 4.85. The standard InChI is InChI=1S/C26H22I2N2O3/c1-16-4-9-23(17(2)10-16)30-26(31)20(14-29)11-19-12-22(28)25(24(13-19)32-3)33-15-18-5-7-21(27)8-6-18/h4-13H,15H2,1-3H3,(H,30,31)/b20-11+. The van der Waals surface area contributed by atoms with E-state index in [4.69, 9.17) is 9.47 Å². The molecule has 0 aliphatic rings. The van der Waals surface area contributed by atoms with Crippen LogP contribution in [0.15, 0.2) is 60.2 Å². The minimum absolute atomic E-state index is 0.000356. The van der Waals surface area contributed by atoms with E-state index < -0.39 is 5.91 Å². The number of aryl methyl sites for hydroxylation is 2. The van der Waals surface area contributed by atoms with Gasteiger partial charge in [-0.3, -0.25) is 4.79 Å². The summed E-state index contributed by atoms with van der Waals surface area (Å²) in [7, 11) is 1.56. The highest BCUT2D eigenvalue weighted by molar-refractivity contribution is 14.1. The molecule has 0 aromatic heterocycles. The van der Waals surface area contributed by atoms with Crippen LogP contribution in [0.4, 0.5) is 5.69 Å². The first kappa shape index (κ1) is 25.1. The molecular weight excluding hydrogens is 642 g/mol. The molecular formula is C26H22I2N2O3. The molecule has 0 atom stereocenters. The Balaban J connectivity index is 1.82.